The zero-order chi connectivity index (χ0) is 14.1. The van der Waals surface area contributed by atoms with E-state index in [9.17, 15) is 4.79 Å². The first-order chi connectivity index (χ1) is 9.65. The molecule has 0 unspecified atom stereocenters. The van der Waals surface area contributed by atoms with E-state index < -0.39 is 5.69 Å². The van der Waals surface area contributed by atoms with Gasteiger partial charge in [-0.15, -0.1) is 14.9 Å². The van der Waals surface area contributed by atoms with Crippen LogP contribution in [-0.2, 0) is 13.7 Å². The summed E-state index contributed by atoms with van der Waals surface area (Å²) in [4.78, 5) is 11.7. The molecule has 2 N–H and O–H groups in total. The van der Waals surface area contributed by atoms with Crippen LogP contribution < -0.4 is 10.4 Å². The van der Waals surface area contributed by atoms with Crippen molar-refractivity contribution in [1.82, 2.24) is 45.4 Å². The van der Waals surface area contributed by atoms with E-state index in [0.29, 0.717) is 5.69 Å². The van der Waals surface area contributed by atoms with Crippen molar-refractivity contribution in [2.24, 2.45) is 7.05 Å². The van der Waals surface area contributed by atoms with Gasteiger partial charge in [-0.25, -0.2) is 4.79 Å². The lowest BCUT2D eigenvalue weighted by Gasteiger charge is -2.00. The van der Waals surface area contributed by atoms with Gasteiger partial charge in [-0.1, -0.05) is 0 Å². The Kier molecular flexibility index (Phi) is 2.29. The van der Waals surface area contributed by atoms with E-state index in [2.05, 4.69) is 30.9 Å². The molecule has 98 valence electrons. The number of aryl methyl sites for hydroxylation is 1. The van der Waals surface area contributed by atoms with Crippen LogP contribution in [0.3, 0.4) is 0 Å². The molecule has 0 atom stereocenters. The van der Waals surface area contributed by atoms with Crippen LogP contribution >= 0.6 is 0 Å². The van der Waals surface area contributed by atoms with E-state index in [1.807, 2.05) is 0 Å². The lowest BCUT2D eigenvalue weighted by atomic mass is 10.4. The van der Waals surface area contributed by atoms with Crippen molar-refractivity contribution in [3.8, 4) is 11.7 Å². The fourth-order valence-electron chi connectivity index (χ4n) is 1.40. The van der Waals surface area contributed by atoms with Crippen molar-refractivity contribution in [2.75, 3.05) is 0 Å². The van der Waals surface area contributed by atoms with Crippen molar-refractivity contribution in [3.63, 3.8) is 0 Å². The number of hydrogen-bond donors (Lipinski definition) is 2. The minimum absolute atomic E-state index is 0.0197. The fraction of sp³-hybridized carbons (Fsp3) is 0.250. The molecular formula is C8H9N9O2. The summed E-state index contributed by atoms with van der Waals surface area (Å²) < 4.78 is 14.6. The van der Waals surface area contributed by atoms with Gasteiger partial charge >= 0.3 is 5.69 Å². The lowest BCUT2D eigenvalue weighted by Crippen LogP contribution is -2.23. The van der Waals surface area contributed by atoms with Gasteiger partial charge in [-0.05, 0) is 10.4 Å². The van der Waals surface area contributed by atoms with Crippen LogP contribution in [0.2, 0.25) is 1.41 Å². The molecule has 0 saturated carbocycles. The van der Waals surface area contributed by atoms with Gasteiger partial charge in [0, 0.05) is 19.3 Å². The summed E-state index contributed by atoms with van der Waals surface area (Å²) in [7, 11) is 1.48. The number of nitrogens with one attached hydrogen (secondary N) is 2. The predicted octanol–water partition coefficient (Wildman–Crippen LogP) is -1.61. The number of tetrazole rings is 1. The van der Waals surface area contributed by atoms with Gasteiger partial charge in [0.1, 0.15) is 12.3 Å². The molecule has 11 nitrogen and oxygen atoms in total. The molecule has 0 aliphatic heterocycles. The van der Waals surface area contributed by atoms with Gasteiger partial charge in [-0.3, -0.25) is 5.09 Å². The Morgan fingerprint density at radius 3 is 3.00 bits per heavy atom. The van der Waals surface area contributed by atoms with E-state index in [4.69, 9.17) is 6.15 Å². The van der Waals surface area contributed by atoms with Crippen LogP contribution in [0, 0.1) is 0 Å². The molecule has 11 heteroatoms. The summed E-state index contributed by atoms with van der Waals surface area (Å²) in [5, 5.41) is 22.0. The number of aromatic nitrogens is 9. The molecule has 3 rings (SSSR count). The topological polar surface area (TPSA) is 132 Å². The maximum atomic E-state index is 11.7. The number of hydrogen-bond acceptors (Lipinski definition) is 7. The maximum Gasteiger partial charge on any atom is 0.369 e. The molecule has 0 aromatic carbocycles. The first-order valence-corrected chi connectivity index (χ1v) is 5.22. The Labute approximate surface area is 106 Å². The second kappa shape index (κ2) is 4.36. The standard InChI is InChI=1S/C8H9N9O2/c1-16-8(18)17(15-14-16)7-5(10-13-12-7)4-19-6-2-3-9-11-6/h2-3H,4H2,1H3,(H,9,11)(H,10,12,13)/i/hT. The number of ether oxygens (including phenoxy) is 1. The predicted molar refractivity (Wildman–Crippen MR) is 59.5 cm³/mol. The molecule has 3 aromatic heterocycles. The molecule has 0 fully saturated rings. The third-order valence-corrected chi connectivity index (χ3v) is 2.32. The minimum Gasteiger partial charge on any atom is -0.470 e. The Morgan fingerprint density at radius 2 is 2.32 bits per heavy atom. The van der Waals surface area contributed by atoms with Crippen LogP contribution in [0.15, 0.2) is 17.1 Å². The van der Waals surface area contributed by atoms with Gasteiger partial charge in [0.15, 0.2) is 1.41 Å². The van der Waals surface area contributed by atoms with Crippen LogP contribution in [0.5, 0.6) is 5.88 Å². The quantitative estimate of drug-likeness (QED) is 0.579. The van der Waals surface area contributed by atoms with Gasteiger partial charge in [0.05, 0.1) is 0 Å². The summed E-state index contributed by atoms with van der Waals surface area (Å²) >= 11 is 0. The van der Waals surface area contributed by atoms with Gasteiger partial charge in [0.25, 0.3) is 0 Å². The zero-order valence-electron chi connectivity index (χ0n) is 10.8. The number of rotatable bonds is 4. The van der Waals surface area contributed by atoms with Crippen LogP contribution in [0.1, 0.15) is 5.69 Å². The van der Waals surface area contributed by atoms with Crippen molar-refractivity contribution in [1.29, 1.82) is 0 Å². The van der Waals surface area contributed by atoms with Crippen molar-refractivity contribution in [2.45, 2.75) is 6.61 Å². The first-order valence-electron chi connectivity index (χ1n) is 5.66. The molecule has 0 aliphatic rings. The first kappa shape index (κ1) is 9.99. The highest BCUT2D eigenvalue weighted by Gasteiger charge is 2.16. The van der Waals surface area contributed by atoms with Crippen molar-refractivity contribution < 1.29 is 6.15 Å². The Morgan fingerprint density at radius 1 is 1.42 bits per heavy atom. The third-order valence-electron chi connectivity index (χ3n) is 2.32. The highest BCUT2D eigenvalue weighted by molar-refractivity contribution is 5.24. The molecule has 19 heavy (non-hydrogen) atoms. The Balaban J connectivity index is 1.83. The molecule has 0 amide bonds. The van der Waals surface area contributed by atoms with Crippen molar-refractivity contribution >= 4 is 0 Å². The van der Waals surface area contributed by atoms with Crippen molar-refractivity contribution in [3.05, 3.63) is 28.4 Å². The molecule has 0 spiro atoms. The van der Waals surface area contributed by atoms with Gasteiger partial charge in [0.2, 0.25) is 11.7 Å². The summed E-state index contributed by atoms with van der Waals surface area (Å²) in [6.45, 7) is 0.0197. The molecule has 0 radical (unpaired) electrons. The SMILES string of the molecule is [3H]n1ccc(OCc2n[nH]nc2-n2nnn(C)c2=O)n1. The fourth-order valence-corrected chi connectivity index (χ4v) is 1.40. The average Bonchev–Trinajstić information content (AvgIpc) is 3.11. The average molecular weight is 265 g/mol. The van der Waals surface area contributed by atoms with Crippen LogP contribution in [0.4, 0.5) is 0 Å². The van der Waals surface area contributed by atoms with E-state index in [0.717, 1.165) is 14.5 Å². The highest BCUT2D eigenvalue weighted by atomic mass is 16.5. The maximum absolute atomic E-state index is 11.7. The summed E-state index contributed by atoms with van der Waals surface area (Å²) in [6, 6.07) is 1.53. The summed E-state index contributed by atoms with van der Waals surface area (Å²) in [5.41, 5.74) is -0.0808. The number of nitrogens with zero attached hydrogens (tertiary/aromatic N) is 7. The Bertz CT molecular complexity index is 784. The molecule has 3 aromatic rings. The largest absolute Gasteiger partial charge is 0.470 e. The molecule has 0 bridgehead atoms. The third kappa shape index (κ3) is 1.96. The molecule has 3 heterocycles. The second-order valence-corrected chi connectivity index (χ2v) is 3.55. The zero-order valence-corrected chi connectivity index (χ0v) is 9.76. The molecule has 0 aliphatic carbocycles. The monoisotopic (exact) mass is 265 g/mol. The second-order valence-electron chi connectivity index (χ2n) is 3.55. The lowest BCUT2D eigenvalue weighted by molar-refractivity contribution is 0.288. The number of aromatic amines is 2. The summed E-state index contributed by atoms with van der Waals surface area (Å²) in [6.07, 6.45) is 1.42. The Hall–Kier alpha value is -2.98. The van der Waals surface area contributed by atoms with E-state index in [-0.39, 0.29) is 18.3 Å². The smallest absolute Gasteiger partial charge is 0.369 e. The van der Waals surface area contributed by atoms with Gasteiger partial charge < -0.3 is 4.74 Å². The normalized spacial score (nSPS) is 11.5. The highest BCUT2D eigenvalue weighted by Crippen LogP contribution is 2.09. The number of H-pyrrole nitrogens is 2. The minimum atomic E-state index is -0.449. The van der Waals surface area contributed by atoms with E-state index >= 15 is 0 Å². The summed E-state index contributed by atoms with van der Waals surface area (Å²) in [5.74, 6) is 0.467. The van der Waals surface area contributed by atoms with Crippen LogP contribution in [0.25, 0.3) is 5.82 Å². The van der Waals surface area contributed by atoms with Crippen LogP contribution in [-0.4, -0.2) is 45.4 Å². The molecule has 0 saturated heterocycles. The van der Waals surface area contributed by atoms with E-state index in [1.54, 1.807) is 0 Å². The van der Waals surface area contributed by atoms with E-state index in [1.165, 1.54) is 19.3 Å². The molecular weight excluding hydrogens is 254 g/mol. The van der Waals surface area contributed by atoms with Gasteiger partial charge in [-0.2, -0.15) is 15.0 Å².